The molecule has 1 aliphatic rings. The minimum Gasteiger partial charge on any atom is -0.496 e. The zero-order valence-electron chi connectivity index (χ0n) is 15.1. The van der Waals surface area contributed by atoms with Crippen LogP contribution in [-0.4, -0.2) is 66.2 Å². The summed E-state index contributed by atoms with van der Waals surface area (Å²) in [4.78, 5) is 26.8. The Kier molecular flexibility index (Phi) is 6.64. The summed E-state index contributed by atoms with van der Waals surface area (Å²) in [6.45, 7) is 3.17. The number of amides is 2. The molecule has 25 heavy (non-hydrogen) atoms. The van der Waals surface area contributed by atoms with Gasteiger partial charge in [-0.3, -0.25) is 9.69 Å². The van der Waals surface area contributed by atoms with Gasteiger partial charge in [0.1, 0.15) is 5.75 Å². The van der Waals surface area contributed by atoms with Crippen LogP contribution in [0.4, 0.5) is 4.79 Å². The second-order valence-corrected chi connectivity index (χ2v) is 6.40. The molecule has 0 unspecified atom stereocenters. The number of aliphatic carboxylic acids is 1. The summed E-state index contributed by atoms with van der Waals surface area (Å²) >= 11 is 0. The lowest BCUT2D eigenvalue weighted by Gasteiger charge is -2.42. The van der Waals surface area contributed by atoms with Gasteiger partial charge in [-0.15, -0.1) is 0 Å². The van der Waals surface area contributed by atoms with E-state index in [1.54, 1.807) is 19.1 Å². The van der Waals surface area contributed by atoms with Gasteiger partial charge in [-0.05, 0) is 25.5 Å². The third-order valence-corrected chi connectivity index (χ3v) is 4.65. The fourth-order valence-corrected chi connectivity index (χ4v) is 3.12. The highest BCUT2D eigenvalue weighted by molar-refractivity contribution is 5.74. The first-order chi connectivity index (χ1) is 11.9. The van der Waals surface area contributed by atoms with E-state index in [0.29, 0.717) is 13.1 Å². The zero-order chi connectivity index (χ0) is 18.4. The second kappa shape index (κ2) is 8.71. The fourth-order valence-electron chi connectivity index (χ4n) is 3.12. The van der Waals surface area contributed by atoms with E-state index in [9.17, 15) is 9.59 Å². The average molecular weight is 349 g/mol. The van der Waals surface area contributed by atoms with Crippen molar-refractivity contribution in [1.82, 2.24) is 15.1 Å². The van der Waals surface area contributed by atoms with Crippen LogP contribution >= 0.6 is 0 Å². The summed E-state index contributed by atoms with van der Waals surface area (Å²) in [5.41, 5.74) is 0.952. The van der Waals surface area contributed by atoms with Crippen molar-refractivity contribution in [2.24, 2.45) is 0 Å². The summed E-state index contributed by atoms with van der Waals surface area (Å²) in [5, 5.41) is 11.9. The minimum atomic E-state index is -0.814. The maximum Gasteiger partial charge on any atom is 0.317 e. The number of hydrogen-bond acceptors (Lipinski definition) is 4. The smallest absolute Gasteiger partial charge is 0.317 e. The molecule has 0 heterocycles. The molecule has 0 atom stereocenters. The number of benzene rings is 1. The number of likely N-dealkylation sites (N-methyl/N-ethyl adjacent to an activating group) is 1. The first-order valence-corrected chi connectivity index (χ1v) is 8.54. The molecule has 0 saturated heterocycles. The lowest BCUT2D eigenvalue weighted by Crippen LogP contribution is -2.56. The molecule has 138 valence electrons. The van der Waals surface area contributed by atoms with Crippen LogP contribution < -0.4 is 10.1 Å². The van der Waals surface area contributed by atoms with E-state index in [1.165, 1.54) is 0 Å². The molecule has 0 radical (unpaired) electrons. The number of nitrogens with one attached hydrogen (secondary N) is 1. The van der Waals surface area contributed by atoms with Gasteiger partial charge >= 0.3 is 12.0 Å². The number of methoxy groups -OCH3 is 1. The molecule has 0 aliphatic heterocycles. The Morgan fingerprint density at radius 2 is 2.00 bits per heavy atom. The SMILES string of the molecule is CCN(CC(=O)O)C1CC(NC(=O)N(C)Cc2ccccc2OC)C1. The van der Waals surface area contributed by atoms with Gasteiger partial charge in [-0.25, -0.2) is 4.79 Å². The number of nitrogens with zero attached hydrogens (tertiary/aromatic N) is 2. The molecule has 1 aromatic rings. The van der Waals surface area contributed by atoms with Gasteiger partial charge in [0.25, 0.3) is 0 Å². The van der Waals surface area contributed by atoms with E-state index < -0.39 is 5.97 Å². The Bertz CT molecular complexity index is 602. The van der Waals surface area contributed by atoms with Crippen molar-refractivity contribution in [2.75, 3.05) is 27.2 Å². The summed E-state index contributed by atoms with van der Waals surface area (Å²) in [7, 11) is 3.37. The van der Waals surface area contributed by atoms with Crippen molar-refractivity contribution in [3.05, 3.63) is 29.8 Å². The number of urea groups is 1. The van der Waals surface area contributed by atoms with E-state index in [1.807, 2.05) is 36.1 Å². The van der Waals surface area contributed by atoms with E-state index >= 15 is 0 Å². The number of carbonyl (C=O) groups is 2. The maximum atomic E-state index is 12.3. The van der Waals surface area contributed by atoms with Crippen LogP contribution in [-0.2, 0) is 11.3 Å². The van der Waals surface area contributed by atoms with Gasteiger partial charge in [0.2, 0.25) is 0 Å². The van der Waals surface area contributed by atoms with E-state index in [-0.39, 0.29) is 24.7 Å². The number of rotatable bonds is 8. The first kappa shape index (κ1) is 19.1. The Morgan fingerprint density at radius 3 is 2.60 bits per heavy atom. The molecule has 0 bridgehead atoms. The average Bonchev–Trinajstić information content (AvgIpc) is 2.55. The van der Waals surface area contributed by atoms with Crippen LogP contribution in [0.5, 0.6) is 5.75 Å². The minimum absolute atomic E-state index is 0.0511. The largest absolute Gasteiger partial charge is 0.496 e. The van der Waals surface area contributed by atoms with Crippen LogP contribution in [0.2, 0.25) is 0 Å². The Balaban J connectivity index is 1.80. The standard InChI is InChI=1S/C18H27N3O4/c1-4-21(12-17(22)23)15-9-14(10-15)19-18(24)20(2)11-13-7-5-6-8-16(13)25-3/h5-8,14-15H,4,9-12H2,1-3H3,(H,19,24)(H,22,23). The highest BCUT2D eigenvalue weighted by atomic mass is 16.5. The van der Waals surface area contributed by atoms with Crippen LogP contribution in [0.15, 0.2) is 24.3 Å². The Hall–Kier alpha value is -2.28. The summed E-state index contributed by atoms with van der Waals surface area (Å²) in [5.74, 6) is -0.0519. The zero-order valence-corrected chi connectivity index (χ0v) is 15.1. The number of carbonyl (C=O) groups excluding carboxylic acids is 1. The number of hydrogen-bond donors (Lipinski definition) is 2. The molecule has 1 saturated carbocycles. The number of ether oxygens (including phenoxy) is 1. The molecule has 2 amide bonds. The third-order valence-electron chi connectivity index (χ3n) is 4.65. The van der Waals surface area contributed by atoms with Gasteiger partial charge in [-0.2, -0.15) is 0 Å². The number of carboxylic acid groups (broad SMARTS) is 1. The van der Waals surface area contributed by atoms with Gasteiger partial charge in [0.05, 0.1) is 20.2 Å². The van der Waals surface area contributed by atoms with Crippen LogP contribution in [0.3, 0.4) is 0 Å². The molecule has 1 aromatic carbocycles. The number of para-hydroxylation sites is 1. The molecule has 0 aromatic heterocycles. The molecular weight excluding hydrogens is 322 g/mol. The lowest BCUT2D eigenvalue weighted by molar-refractivity contribution is -0.139. The Morgan fingerprint density at radius 1 is 1.32 bits per heavy atom. The molecule has 1 aliphatic carbocycles. The lowest BCUT2D eigenvalue weighted by atomic mass is 9.85. The van der Waals surface area contributed by atoms with Crippen molar-refractivity contribution in [3.63, 3.8) is 0 Å². The van der Waals surface area contributed by atoms with E-state index in [0.717, 1.165) is 24.2 Å². The molecule has 2 N–H and O–H groups in total. The van der Waals surface area contributed by atoms with Gasteiger partial charge < -0.3 is 20.1 Å². The summed E-state index contributed by atoms with van der Waals surface area (Å²) in [6.07, 6.45) is 1.57. The van der Waals surface area contributed by atoms with Gasteiger partial charge in [0.15, 0.2) is 0 Å². The molecule has 0 spiro atoms. The van der Waals surface area contributed by atoms with Gasteiger partial charge in [-0.1, -0.05) is 25.1 Å². The van der Waals surface area contributed by atoms with Crippen molar-refractivity contribution in [2.45, 2.75) is 38.4 Å². The predicted molar refractivity (Wildman–Crippen MR) is 94.7 cm³/mol. The quantitative estimate of drug-likeness (QED) is 0.747. The maximum absolute atomic E-state index is 12.3. The van der Waals surface area contributed by atoms with Crippen molar-refractivity contribution in [3.8, 4) is 5.75 Å². The highest BCUT2D eigenvalue weighted by Gasteiger charge is 2.35. The highest BCUT2D eigenvalue weighted by Crippen LogP contribution is 2.26. The normalized spacial score (nSPS) is 19.2. The van der Waals surface area contributed by atoms with E-state index in [2.05, 4.69) is 5.32 Å². The van der Waals surface area contributed by atoms with Crippen LogP contribution in [0.25, 0.3) is 0 Å². The fraction of sp³-hybridized carbons (Fsp3) is 0.556. The second-order valence-electron chi connectivity index (χ2n) is 6.40. The Labute approximate surface area is 148 Å². The topological polar surface area (TPSA) is 82.1 Å². The van der Waals surface area contributed by atoms with Crippen molar-refractivity contribution in [1.29, 1.82) is 0 Å². The van der Waals surface area contributed by atoms with Crippen LogP contribution in [0, 0.1) is 0 Å². The molecule has 7 heteroatoms. The molecule has 7 nitrogen and oxygen atoms in total. The van der Waals surface area contributed by atoms with Crippen LogP contribution in [0.1, 0.15) is 25.3 Å². The first-order valence-electron chi connectivity index (χ1n) is 8.54. The molecular formula is C18H27N3O4. The van der Waals surface area contributed by atoms with Crippen molar-refractivity contribution < 1.29 is 19.4 Å². The third kappa shape index (κ3) is 5.09. The predicted octanol–water partition coefficient (Wildman–Crippen LogP) is 1.77. The van der Waals surface area contributed by atoms with E-state index in [4.69, 9.17) is 9.84 Å². The summed E-state index contributed by atoms with van der Waals surface area (Å²) < 4.78 is 5.31. The monoisotopic (exact) mass is 349 g/mol. The molecule has 1 fully saturated rings. The van der Waals surface area contributed by atoms with Crippen molar-refractivity contribution >= 4 is 12.0 Å². The summed E-state index contributed by atoms with van der Waals surface area (Å²) in [6, 6.07) is 7.82. The van der Waals surface area contributed by atoms with Gasteiger partial charge in [0, 0.05) is 24.7 Å². The number of carboxylic acids is 1. The molecule has 2 rings (SSSR count).